The number of carbonyl (C=O) groups is 1. The minimum atomic E-state index is -1.62. The highest BCUT2D eigenvalue weighted by Gasteiger charge is 2.84. The lowest BCUT2D eigenvalue weighted by molar-refractivity contribution is -0.354. The van der Waals surface area contributed by atoms with Crippen LogP contribution in [0.15, 0.2) is 0 Å². The zero-order chi connectivity index (χ0) is 39.7. The second-order valence-corrected chi connectivity index (χ2v) is 20.3. The number of aliphatic hydroxyl groups is 9. The summed E-state index contributed by atoms with van der Waals surface area (Å²) in [6.45, 7) is 13.1. The average Bonchev–Trinajstić information content (AvgIpc) is 3.67. The van der Waals surface area contributed by atoms with Crippen LogP contribution < -0.4 is 0 Å². The van der Waals surface area contributed by atoms with Gasteiger partial charge in [-0.05, 0) is 98.2 Å². The van der Waals surface area contributed by atoms with Crippen molar-refractivity contribution in [2.75, 3.05) is 13.2 Å². The Morgan fingerprint density at radius 1 is 0.815 bits per heavy atom. The minimum Gasteiger partial charge on any atom is -0.393 e. The maximum Gasteiger partial charge on any atom is 0.186 e. The molecule has 7 aliphatic rings. The van der Waals surface area contributed by atoms with Crippen LogP contribution in [0.4, 0.5) is 0 Å². The summed E-state index contributed by atoms with van der Waals surface area (Å²) in [6.07, 6.45) is -9.47. The Kier molecular flexibility index (Phi) is 10.4. The van der Waals surface area contributed by atoms with Gasteiger partial charge in [-0.2, -0.15) is 0 Å². The zero-order valence-corrected chi connectivity index (χ0v) is 32.9. The van der Waals surface area contributed by atoms with Gasteiger partial charge in [0.2, 0.25) is 0 Å². The molecule has 0 aromatic carbocycles. The van der Waals surface area contributed by atoms with Crippen molar-refractivity contribution in [2.45, 2.75) is 179 Å². The lowest BCUT2D eigenvalue weighted by atomic mass is 9.41. The van der Waals surface area contributed by atoms with Crippen LogP contribution in [0.3, 0.4) is 0 Å². The molecule has 5 saturated carbocycles. The fraction of sp³-hybridized carbons (Fsp3) is 0.975. The standard InChI is InChI=1S/C40H66O14/c1-18(12-20(42)32(49)36(4,5)50)26-21(43)14-38(7)24-13-19(41)31-35(2,3)25(8-9-40(31)17-39(24,40)11-10-37(26,38)6)53-34-30(28(47)23(45)16-52-34)54-33-29(48)27(46)22(44)15-51-33/h18,20-34,42-50H,8-17H2,1-7H3/t18-,20+,21+,22+,23-,24+,25+,26+,27+,28+,29-,30-,31+,32-,33+,34+,37-,38+,39+,40-/m1/s1. The highest BCUT2D eigenvalue weighted by Crippen LogP contribution is 2.88. The van der Waals surface area contributed by atoms with Crippen molar-refractivity contribution in [1.29, 1.82) is 0 Å². The molecule has 7 rings (SSSR count). The molecule has 0 unspecified atom stereocenters. The molecule has 14 nitrogen and oxygen atoms in total. The van der Waals surface area contributed by atoms with Gasteiger partial charge in [-0.15, -0.1) is 0 Å². The summed E-state index contributed by atoms with van der Waals surface area (Å²) in [5, 5.41) is 95.7. The van der Waals surface area contributed by atoms with E-state index in [4.69, 9.17) is 18.9 Å². The first-order valence-electron chi connectivity index (χ1n) is 20.2. The molecule has 0 aromatic heterocycles. The molecular weight excluding hydrogens is 704 g/mol. The van der Waals surface area contributed by atoms with E-state index < -0.39 is 84.6 Å². The van der Waals surface area contributed by atoms with E-state index in [1.165, 1.54) is 13.8 Å². The number of ketones is 1. The van der Waals surface area contributed by atoms with Gasteiger partial charge in [-0.1, -0.05) is 34.6 Å². The Balaban J connectivity index is 1.09. The maximum atomic E-state index is 14.7. The summed E-state index contributed by atoms with van der Waals surface area (Å²) in [5.74, 6) is -0.332. The molecule has 0 amide bonds. The van der Waals surface area contributed by atoms with E-state index >= 15 is 0 Å². The molecule has 0 aromatic rings. The Labute approximate surface area is 318 Å². The van der Waals surface area contributed by atoms with E-state index in [2.05, 4.69) is 27.7 Å². The fourth-order valence-electron chi connectivity index (χ4n) is 13.8. The summed E-state index contributed by atoms with van der Waals surface area (Å²) < 4.78 is 23.8. The van der Waals surface area contributed by atoms with Crippen LogP contribution in [-0.2, 0) is 23.7 Å². The molecule has 2 heterocycles. The van der Waals surface area contributed by atoms with E-state index in [1.807, 2.05) is 6.92 Å². The molecule has 2 saturated heterocycles. The molecule has 2 spiro atoms. The third kappa shape index (κ3) is 5.94. The van der Waals surface area contributed by atoms with Crippen LogP contribution in [0.5, 0.6) is 0 Å². The van der Waals surface area contributed by atoms with Crippen molar-refractivity contribution in [3.05, 3.63) is 0 Å². The fourth-order valence-corrected chi connectivity index (χ4v) is 13.8. The number of hydrogen-bond acceptors (Lipinski definition) is 14. The highest BCUT2D eigenvalue weighted by atomic mass is 16.7. The number of ether oxygens (including phenoxy) is 4. The highest BCUT2D eigenvalue weighted by molar-refractivity contribution is 5.86. The third-order valence-electron chi connectivity index (χ3n) is 16.6. The summed E-state index contributed by atoms with van der Waals surface area (Å²) in [6, 6.07) is 0. The number of fused-ring (bicyclic) bond motifs is 2. The Hall–Kier alpha value is -0.850. The van der Waals surface area contributed by atoms with Crippen LogP contribution in [0, 0.1) is 50.7 Å². The smallest absolute Gasteiger partial charge is 0.186 e. The third-order valence-corrected chi connectivity index (χ3v) is 16.6. The predicted octanol–water partition coefficient (Wildman–Crippen LogP) is 0.382. The van der Waals surface area contributed by atoms with Gasteiger partial charge >= 0.3 is 0 Å². The van der Waals surface area contributed by atoms with Gasteiger partial charge in [0.15, 0.2) is 12.6 Å². The van der Waals surface area contributed by atoms with Crippen LogP contribution in [0.25, 0.3) is 0 Å². The van der Waals surface area contributed by atoms with Gasteiger partial charge in [-0.3, -0.25) is 4.79 Å². The Morgan fingerprint density at radius 3 is 2.09 bits per heavy atom. The second kappa shape index (κ2) is 13.6. The molecule has 5 aliphatic carbocycles. The SMILES string of the molecule is C[C@H](C[C@H](O)[C@@H](O)C(C)(C)O)[C@H]1[C@@H](O)C[C@@]2(C)[C@@H]3CC(=O)[C@H]4C(C)(C)[C@@H](O[C@@H]5OC[C@@H](O)[C@H](O)[C@H]5O[C@@H]5OC[C@H](O)[C@H](O)[C@H]5O)CC[C@@]45C[C@@]35CC[C@]12C. The molecule has 2 aliphatic heterocycles. The number of carbonyl (C=O) groups excluding carboxylic acids is 1. The molecule has 310 valence electrons. The van der Waals surface area contributed by atoms with E-state index in [0.717, 1.165) is 25.7 Å². The number of hydrogen-bond donors (Lipinski definition) is 9. The van der Waals surface area contributed by atoms with Crippen LogP contribution in [0.2, 0.25) is 0 Å². The molecule has 9 N–H and O–H groups in total. The second-order valence-electron chi connectivity index (χ2n) is 20.3. The molecular formula is C40H66O14. The van der Waals surface area contributed by atoms with E-state index in [-0.39, 0.29) is 70.7 Å². The molecule has 0 bridgehead atoms. The van der Waals surface area contributed by atoms with Gasteiger partial charge in [0.05, 0.1) is 37.1 Å². The first kappa shape index (κ1) is 41.3. The van der Waals surface area contributed by atoms with Gasteiger partial charge in [-0.25, -0.2) is 0 Å². The number of aliphatic hydroxyl groups excluding tert-OH is 8. The molecule has 7 fully saturated rings. The molecule has 0 radical (unpaired) electrons. The van der Waals surface area contributed by atoms with E-state index in [1.54, 1.807) is 0 Å². The zero-order valence-electron chi connectivity index (χ0n) is 32.9. The lowest BCUT2D eigenvalue weighted by Crippen LogP contribution is -2.63. The van der Waals surface area contributed by atoms with Gasteiger partial charge in [0.1, 0.15) is 48.5 Å². The average molecular weight is 771 g/mol. The first-order valence-corrected chi connectivity index (χ1v) is 20.2. The largest absolute Gasteiger partial charge is 0.393 e. The molecule has 54 heavy (non-hydrogen) atoms. The summed E-state index contributed by atoms with van der Waals surface area (Å²) in [4.78, 5) is 14.7. The number of rotatable bonds is 9. The van der Waals surface area contributed by atoms with Crippen molar-refractivity contribution in [3.63, 3.8) is 0 Å². The normalized spacial score (nSPS) is 53.0. The van der Waals surface area contributed by atoms with Crippen molar-refractivity contribution in [1.82, 2.24) is 0 Å². The number of Topliss-reactive ketones (excluding diaryl/α,β-unsaturated/α-hetero) is 1. The van der Waals surface area contributed by atoms with Gasteiger partial charge in [0.25, 0.3) is 0 Å². The summed E-state index contributed by atoms with van der Waals surface area (Å²) in [7, 11) is 0. The van der Waals surface area contributed by atoms with Crippen molar-refractivity contribution >= 4 is 5.78 Å². The maximum absolute atomic E-state index is 14.7. The van der Waals surface area contributed by atoms with E-state index in [9.17, 15) is 50.8 Å². The Morgan fingerprint density at radius 2 is 1.44 bits per heavy atom. The molecule has 20 atom stereocenters. The summed E-state index contributed by atoms with van der Waals surface area (Å²) in [5.41, 5.74) is -3.05. The first-order chi connectivity index (χ1) is 25.0. The summed E-state index contributed by atoms with van der Waals surface area (Å²) >= 11 is 0. The van der Waals surface area contributed by atoms with Crippen molar-refractivity contribution in [2.24, 2.45) is 50.7 Å². The lowest BCUT2D eigenvalue weighted by Gasteiger charge is -2.63. The van der Waals surface area contributed by atoms with Gasteiger partial charge < -0.3 is 64.9 Å². The predicted molar refractivity (Wildman–Crippen MR) is 190 cm³/mol. The Bertz CT molecular complexity index is 1420. The quantitative estimate of drug-likeness (QED) is 0.144. The monoisotopic (exact) mass is 770 g/mol. The van der Waals surface area contributed by atoms with Gasteiger partial charge in [0, 0.05) is 17.8 Å². The van der Waals surface area contributed by atoms with Crippen molar-refractivity contribution < 1.29 is 69.7 Å². The van der Waals surface area contributed by atoms with Crippen LogP contribution in [-0.4, -0.2) is 144 Å². The topological polar surface area (TPSA) is 236 Å². The van der Waals surface area contributed by atoms with Crippen LogP contribution >= 0.6 is 0 Å². The molecule has 14 heteroatoms. The minimum absolute atomic E-state index is 0.0658. The van der Waals surface area contributed by atoms with Crippen molar-refractivity contribution in [3.8, 4) is 0 Å². The van der Waals surface area contributed by atoms with Crippen LogP contribution in [0.1, 0.15) is 99.8 Å². The van der Waals surface area contributed by atoms with E-state index in [0.29, 0.717) is 19.3 Å².